The van der Waals surface area contributed by atoms with E-state index in [-0.39, 0.29) is 0 Å². The predicted molar refractivity (Wildman–Crippen MR) is 112 cm³/mol. The third-order valence-corrected chi connectivity index (χ3v) is 5.53. The number of benzene rings is 1. The molecule has 30 heavy (non-hydrogen) atoms. The molecular weight excluding hydrogens is 380 g/mol. The summed E-state index contributed by atoms with van der Waals surface area (Å²) in [7, 11) is 1.79. The van der Waals surface area contributed by atoms with Crippen LogP contribution in [0.5, 0.6) is 6.01 Å². The van der Waals surface area contributed by atoms with Crippen molar-refractivity contribution < 1.29 is 4.74 Å². The molecule has 0 unspecified atom stereocenters. The molecule has 0 saturated heterocycles. The van der Waals surface area contributed by atoms with Crippen molar-refractivity contribution in [2.45, 2.75) is 32.3 Å². The summed E-state index contributed by atoms with van der Waals surface area (Å²) in [6.07, 6.45) is 5.30. The highest BCUT2D eigenvalue weighted by Gasteiger charge is 2.18. The number of anilines is 1. The van der Waals surface area contributed by atoms with Gasteiger partial charge >= 0.3 is 6.01 Å². The zero-order valence-corrected chi connectivity index (χ0v) is 16.9. The van der Waals surface area contributed by atoms with Crippen LogP contribution >= 0.6 is 0 Å². The van der Waals surface area contributed by atoms with Crippen molar-refractivity contribution in [2.75, 3.05) is 11.9 Å². The van der Waals surface area contributed by atoms with E-state index in [2.05, 4.69) is 25.8 Å². The van der Waals surface area contributed by atoms with E-state index in [9.17, 15) is 0 Å². The molecule has 1 aliphatic carbocycles. The van der Waals surface area contributed by atoms with Gasteiger partial charge in [-0.3, -0.25) is 0 Å². The van der Waals surface area contributed by atoms with Crippen molar-refractivity contribution >= 4 is 16.9 Å². The standard InChI is InChI=1S/C21H24N8O/c1-28-20(25-26-27-28)29-18-11-5-4-10-17(18)24-21(29)30-14-16-9-6-12-19(23-16)22-13-15-7-2-3-8-15/h4-6,9-12,15H,2-3,7-8,13-14H2,1H3,(H,22,23). The second kappa shape index (κ2) is 8.10. The number of tetrazole rings is 1. The number of fused-ring (bicyclic) bond motifs is 1. The number of aryl methyl sites for hydroxylation is 1. The minimum atomic E-state index is 0.299. The average molecular weight is 404 g/mol. The molecule has 5 rings (SSSR count). The van der Waals surface area contributed by atoms with Gasteiger partial charge in [0, 0.05) is 13.6 Å². The van der Waals surface area contributed by atoms with Gasteiger partial charge in [0.25, 0.3) is 5.95 Å². The zero-order valence-electron chi connectivity index (χ0n) is 16.9. The molecule has 1 aliphatic rings. The largest absolute Gasteiger partial charge is 0.458 e. The van der Waals surface area contributed by atoms with Crippen LogP contribution in [-0.2, 0) is 13.7 Å². The Bertz CT molecular complexity index is 1140. The lowest BCUT2D eigenvalue weighted by molar-refractivity contribution is 0.272. The van der Waals surface area contributed by atoms with Gasteiger partial charge in [-0.1, -0.05) is 36.1 Å². The normalized spacial score (nSPS) is 14.4. The Labute approximate surface area is 174 Å². The van der Waals surface area contributed by atoms with Gasteiger partial charge in [0.1, 0.15) is 12.4 Å². The topological polar surface area (TPSA) is 95.6 Å². The average Bonchev–Trinajstić information content (AvgIpc) is 3.51. The summed E-state index contributed by atoms with van der Waals surface area (Å²) in [5.74, 6) is 2.18. The number of ether oxygens (including phenoxy) is 1. The second-order valence-electron chi connectivity index (χ2n) is 7.66. The van der Waals surface area contributed by atoms with E-state index < -0.39 is 0 Å². The van der Waals surface area contributed by atoms with Crippen molar-refractivity contribution in [3.05, 3.63) is 48.2 Å². The fraction of sp³-hybridized carbons (Fsp3) is 0.381. The van der Waals surface area contributed by atoms with Gasteiger partial charge in [0.15, 0.2) is 0 Å². The molecule has 0 radical (unpaired) electrons. The summed E-state index contributed by atoms with van der Waals surface area (Å²) in [5.41, 5.74) is 2.53. The lowest BCUT2D eigenvalue weighted by atomic mass is 10.1. The third-order valence-electron chi connectivity index (χ3n) is 5.53. The Kier molecular flexibility index (Phi) is 5.00. The van der Waals surface area contributed by atoms with Crippen LogP contribution in [0.2, 0.25) is 0 Å². The van der Waals surface area contributed by atoms with Crippen LogP contribution in [0, 0.1) is 5.92 Å². The number of rotatable bonds is 7. The van der Waals surface area contributed by atoms with Crippen LogP contribution < -0.4 is 10.1 Å². The van der Waals surface area contributed by atoms with E-state index in [1.165, 1.54) is 25.7 Å². The van der Waals surface area contributed by atoms with Gasteiger partial charge in [0.2, 0.25) is 0 Å². The molecule has 0 aliphatic heterocycles. The van der Waals surface area contributed by atoms with Gasteiger partial charge in [-0.25, -0.2) is 14.2 Å². The van der Waals surface area contributed by atoms with Crippen molar-refractivity contribution in [2.24, 2.45) is 13.0 Å². The minimum Gasteiger partial charge on any atom is -0.458 e. The molecule has 9 nitrogen and oxygen atoms in total. The minimum absolute atomic E-state index is 0.299. The van der Waals surface area contributed by atoms with E-state index in [0.717, 1.165) is 35.0 Å². The molecule has 1 saturated carbocycles. The van der Waals surface area contributed by atoms with Crippen LogP contribution in [0.25, 0.3) is 17.0 Å². The maximum Gasteiger partial charge on any atom is 0.305 e. The van der Waals surface area contributed by atoms with Crippen molar-refractivity contribution in [1.82, 2.24) is 34.7 Å². The van der Waals surface area contributed by atoms with Crippen molar-refractivity contribution in [3.8, 4) is 12.0 Å². The van der Waals surface area contributed by atoms with Crippen LogP contribution in [0.3, 0.4) is 0 Å². The number of imidazole rings is 1. The van der Waals surface area contributed by atoms with Gasteiger partial charge < -0.3 is 10.1 Å². The molecule has 9 heteroatoms. The number of hydrogen-bond donors (Lipinski definition) is 1. The van der Waals surface area contributed by atoms with Crippen LogP contribution in [-0.4, -0.2) is 41.3 Å². The lowest BCUT2D eigenvalue weighted by Gasteiger charge is -2.12. The maximum atomic E-state index is 6.07. The summed E-state index contributed by atoms with van der Waals surface area (Å²) >= 11 is 0. The Morgan fingerprint density at radius 3 is 2.77 bits per heavy atom. The van der Waals surface area contributed by atoms with Crippen LogP contribution in [0.15, 0.2) is 42.5 Å². The second-order valence-corrected chi connectivity index (χ2v) is 7.66. The molecule has 1 aromatic carbocycles. The van der Waals surface area contributed by atoms with Crippen molar-refractivity contribution in [1.29, 1.82) is 0 Å². The number of nitrogens with one attached hydrogen (secondary N) is 1. The Morgan fingerprint density at radius 1 is 1.07 bits per heavy atom. The number of para-hydroxylation sites is 2. The first-order valence-corrected chi connectivity index (χ1v) is 10.3. The Balaban J connectivity index is 1.35. The van der Waals surface area contributed by atoms with Crippen molar-refractivity contribution in [3.63, 3.8) is 0 Å². The molecule has 3 heterocycles. The monoisotopic (exact) mass is 404 g/mol. The highest BCUT2D eigenvalue weighted by atomic mass is 16.5. The van der Waals surface area contributed by atoms with Gasteiger partial charge in [-0.2, -0.15) is 4.98 Å². The van der Waals surface area contributed by atoms with E-state index in [1.54, 1.807) is 11.7 Å². The van der Waals surface area contributed by atoms with Gasteiger partial charge in [-0.15, -0.1) is 0 Å². The van der Waals surface area contributed by atoms with E-state index in [0.29, 0.717) is 18.6 Å². The lowest BCUT2D eigenvalue weighted by Crippen LogP contribution is -2.13. The number of nitrogens with zero attached hydrogens (tertiary/aromatic N) is 7. The summed E-state index contributed by atoms with van der Waals surface area (Å²) in [6.45, 7) is 1.28. The smallest absolute Gasteiger partial charge is 0.305 e. The summed E-state index contributed by atoms with van der Waals surface area (Å²) in [6, 6.07) is 14.2. The molecule has 1 fully saturated rings. The highest BCUT2D eigenvalue weighted by molar-refractivity contribution is 5.78. The van der Waals surface area contributed by atoms with E-state index >= 15 is 0 Å². The molecule has 154 valence electrons. The van der Waals surface area contributed by atoms with Crippen LogP contribution in [0.1, 0.15) is 31.4 Å². The molecule has 3 aromatic heterocycles. The summed E-state index contributed by atoms with van der Waals surface area (Å²) in [4.78, 5) is 9.32. The van der Waals surface area contributed by atoms with Gasteiger partial charge in [-0.05, 0) is 53.5 Å². The molecule has 0 amide bonds. The molecule has 0 atom stereocenters. The van der Waals surface area contributed by atoms with Crippen LogP contribution in [0.4, 0.5) is 5.82 Å². The SMILES string of the molecule is Cn1nnnc1-n1c(OCc2cccc(NCC3CCCC3)n2)nc2ccccc21. The van der Waals surface area contributed by atoms with E-state index in [1.807, 2.05) is 47.0 Å². The Hall–Kier alpha value is -3.49. The zero-order chi connectivity index (χ0) is 20.3. The highest BCUT2D eigenvalue weighted by Crippen LogP contribution is 2.26. The first-order valence-electron chi connectivity index (χ1n) is 10.3. The molecule has 0 bridgehead atoms. The van der Waals surface area contributed by atoms with Gasteiger partial charge in [0.05, 0.1) is 16.7 Å². The molecule has 4 aromatic rings. The first-order chi connectivity index (χ1) is 14.8. The number of hydrogen-bond acceptors (Lipinski definition) is 7. The summed E-state index contributed by atoms with van der Waals surface area (Å²) in [5, 5.41) is 15.3. The quantitative estimate of drug-likeness (QED) is 0.505. The number of aromatic nitrogens is 7. The fourth-order valence-corrected chi connectivity index (χ4v) is 3.97. The maximum absolute atomic E-state index is 6.07. The first kappa shape index (κ1) is 18.5. The predicted octanol–water partition coefficient (Wildman–Crippen LogP) is 3.13. The fourth-order valence-electron chi connectivity index (χ4n) is 3.97. The molecular formula is C21H24N8O. The molecule has 0 spiro atoms. The van der Waals surface area contributed by atoms with E-state index in [4.69, 9.17) is 9.72 Å². The Morgan fingerprint density at radius 2 is 1.93 bits per heavy atom. The summed E-state index contributed by atoms with van der Waals surface area (Å²) < 4.78 is 9.48. The number of pyridine rings is 1. The molecule has 1 N–H and O–H groups in total. The third kappa shape index (κ3) is 3.70.